The second kappa shape index (κ2) is 5.21. The van der Waals surface area contributed by atoms with E-state index in [4.69, 9.17) is 4.74 Å². The van der Waals surface area contributed by atoms with Crippen LogP contribution in [0.1, 0.15) is 22.1 Å². The third-order valence-corrected chi connectivity index (χ3v) is 4.40. The van der Waals surface area contributed by atoms with Gasteiger partial charge in [-0.1, -0.05) is 22.0 Å². The molecule has 1 aromatic heterocycles. The van der Waals surface area contributed by atoms with Crippen LogP contribution >= 0.6 is 27.3 Å². The maximum atomic E-state index is 10.3. The molecule has 1 aromatic carbocycles. The van der Waals surface area contributed by atoms with Crippen LogP contribution in [0.2, 0.25) is 0 Å². The molecule has 1 unspecified atom stereocenters. The Kier molecular flexibility index (Phi) is 3.86. The number of aliphatic hydroxyl groups is 1. The van der Waals surface area contributed by atoms with Crippen LogP contribution in [0.3, 0.4) is 0 Å². The largest absolute Gasteiger partial charge is 0.496 e. The molecule has 90 valence electrons. The molecule has 1 heterocycles. The van der Waals surface area contributed by atoms with E-state index >= 15 is 0 Å². The molecule has 2 aromatic rings. The molecular weight excluding hydrogens is 300 g/mol. The van der Waals surface area contributed by atoms with E-state index in [2.05, 4.69) is 15.9 Å². The standard InChI is InChI=1S/C13H13BrO2S/c1-8-6-11(16-2)9(7-10(8)14)13(15)12-4-3-5-17-12/h3-7,13,15H,1-2H3. The number of ether oxygens (including phenoxy) is 1. The van der Waals surface area contributed by atoms with Gasteiger partial charge in [-0.15, -0.1) is 11.3 Å². The molecule has 2 rings (SSSR count). The van der Waals surface area contributed by atoms with E-state index in [-0.39, 0.29) is 0 Å². The second-order valence-electron chi connectivity index (χ2n) is 3.76. The van der Waals surface area contributed by atoms with Gasteiger partial charge in [-0.25, -0.2) is 0 Å². The fraction of sp³-hybridized carbons (Fsp3) is 0.231. The van der Waals surface area contributed by atoms with Gasteiger partial charge in [-0.2, -0.15) is 0 Å². The zero-order valence-electron chi connectivity index (χ0n) is 9.61. The van der Waals surface area contributed by atoms with Gasteiger partial charge in [0.15, 0.2) is 0 Å². The Morgan fingerprint density at radius 1 is 1.41 bits per heavy atom. The van der Waals surface area contributed by atoms with E-state index in [0.29, 0.717) is 5.75 Å². The molecular formula is C13H13BrO2S. The normalized spacial score (nSPS) is 12.5. The first-order valence-corrected chi connectivity index (χ1v) is 6.86. The summed E-state index contributed by atoms with van der Waals surface area (Å²) in [5, 5.41) is 12.3. The summed E-state index contributed by atoms with van der Waals surface area (Å²) in [6.07, 6.45) is -0.637. The van der Waals surface area contributed by atoms with Crippen LogP contribution in [0.4, 0.5) is 0 Å². The zero-order chi connectivity index (χ0) is 12.4. The number of thiophene rings is 1. The highest BCUT2D eigenvalue weighted by Gasteiger charge is 2.17. The fourth-order valence-corrected chi connectivity index (χ4v) is 2.75. The van der Waals surface area contributed by atoms with Crippen molar-refractivity contribution in [1.29, 1.82) is 0 Å². The SMILES string of the molecule is COc1cc(C)c(Br)cc1C(O)c1cccs1. The molecule has 0 aliphatic carbocycles. The zero-order valence-corrected chi connectivity index (χ0v) is 12.0. The van der Waals surface area contributed by atoms with Crippen LogP contribution in [-0.4, -0.2) is 12.2 Å². The number of halogens is 1. The summed E-state index contributed by atoms with van der Waals surface area (Å²) in [6.45, 7) is 1.99. The van der Waals surface area contributed by atoms with Crippen molar-refractivity contribution in [2.75, 3.05) is 7.11 Å². The van der Waals surface area contributed by atoms with Crippen molar-refractivity contribution in [3.05, 3.63) is 50.1 Å². The van der Waals surface area contributed by atoms with E-state index in [9.17, 15) is 5.11 Å². The molecule has 0 saturated carbocycles. The average molecular weight is 313 g/mol. The lowest BCUT2D eigenvalue weighted by molar-refractivity contribution is 0.218. The van der Waals surface area contributed by atoms with Crippen LogP contribution in [0.5, 0.6) is 5.75 Å². The van der Waals surface area contributed by atoms with Gasteiger partial charge in [-0.3, -0.25) is 0 Å². The van der Waals surface area contributed by atoms with Crippen molar-refractivity contribution >= 4 is 27.3 Å². The predicted molar refractivity (Wildman–Crippen MR) is 73.8 cm³/mol. The molecule has 0 spiro atoms. The third-order valence-electron chi connectivity index (χ3n) is 2.62. The van der Waals surface area contributed by atoms with E-state index in [1.165, 1.54) is 11.3 Å². The van der Waals surface area contributed by atoms with E-state index < -0.39 is 6.10 Å². The monoisotopic (exact) mass is 312 g/mol. The highest BCUT2D eigenvalue weighted by Crippen LogP contribution is 2.35. The van der Waals surface area contributed by atoms with Crippen molar-refractivity contribution in [1.82, 2.24) is 0 Å². The lowest BCUT2D eigenvalue weighted by Gasteiger charge is -2.15. The van der Waals surface area contributed by atoms with Crippen LogP contribution in [0.25, 0.3) is 0 Å². The summed E-state index contributed by atoms with van der Waals surface area (Å²) < 4.78 is 6.30. The molecule has 0 saturated heterocycles. The highest BCUT2D eigenvalue weighted by molar-refractivity contribution is 9.10. The smallest absolute Gasteiger partial charge is 0.125 e. The molecule has 2 nitrogen and oxygen atoms in total. The minimum atomic E-state index is -0.637. The van der Waals surface area contributed by atoms with Gasteiger partial charge in [0.1, 0.15) is 11.9 Å². The molecule has 0 aliphatic rings. The second-order valence-corrected chi connectivity index (χ2v) is 5.59. The maximum Gasteiger partial charge on any atom is 0.125 e. The Morgan fingerprint density at radius 2 is 2.18 bits per heavy atom. The number of rotatable bonds is 3. The van der Waals surface area contributed by atoms with E-state index in [1.54, 1.807) is 7.11 Å². The number of aliphatic hydroxyl groups excluding tert-OH is 1. The van der Waals surface area contributed by atoms with Gasteiger partial charge in [0.25, 0.3) is 0 Å². The van der Waals surface area contributed by atoms with Crippen molar-refractivity contribution in [3.63, 3.8) is 0 Å². The van der Waals surface area contributed by atoms with Gasteiger partial charge in [0, 0.05) is 14.9 Å². The maximum absolute atomic E-state index is 10.3. The summed E-state index contributed by atoms with van der Waals surface area (Å²) >= 11 is 5.01. The molecule has 0 aliphatic heterocycles. The van der Waals surface area contributed by atoms with Crippen LogP contribution in [0.15, 0.2) is 34.1 Å². The molecule has 1 atom stereocenters. The topological polar surface area (TPSA) is 29.5 Å². The molecule has 0 bridgehead atoms. The lowest BCUT2D eigenvalue weighted by Crippen LogP contribution is -2.01. The average Bonchev–Trinajstić information content (AvgIpc) is 2.84. The Labute approximate surface area is 113 Å². The van der Waals surface area contributed by atoms with E-state index in [0.717, 1.165) is 20.5 Å². The lowest BCUT2D eigenvalue weighted by atomic mass is 10.0. The van der Waals surface area contributed by atoms with Gasteiger partial charge in [0.2, 0.25) is 0 Å². The summed E-state index contributed by atoms with van der Waals surface area (Å²) in [6, 6.07) is 7.69. The van der Waals surface area contributed by atoms with Crippen molar-refractivity contribution in [2.24, 2.45) is 0 Å². The minimum absolute atomic E-state index is 0.637. The Bertz CT molecular complexity index is 508. The van der Waals surface area contributed by atoms with Crippen LogP contribution < -0.4 is 4.74 Å². The number of methoxy groups -OCH3 is 1. The third kappa shape index (κ3) is 2.54. The molecule has 0 fully saturated rings. The molecule has 1 N–H and O–H groups in total. The first-order chi connectivity index (χ1) is 8.13. The van der Waals surface area contributed by atoms with Gasteiger partial charge in [0.05, 0.1) is 7.11 Å². The number of benzene rings is 1. The Balaban J connectivity index is 2.47. The van der Waals surface area contributed by atoms with Crippen molar-refractivity contribution in [3.8, 4) is 5.75 Å². The molecule has 4 heteroatoms. The highest BCUT2D eigenvalue weighted by atomic mass is 79.9. The summed E-state index contributed by atoms with van der Waals surface area (Å²) in [4.78, 5) is 0.916. The first kappa shape index (κ1) is 12.6. The summed E-state index contributed by atoms with van der Waals surface area (Å²) in [5.74, 6) is 0.714. The van der Waals surface area contributed by atoms with E-state index in [1.807, 2.05) is 36.6 Å². The van der Waals surface area contributed by atoms with Gasteiger partial charge in [-0.05, 0) is 36.1 Å². The molecule has 17 heavy (non-hydrogen) atoms. The van der Waals surface area contributed by atoms with Crippen molar-refractivity contribution < 1.29 is 9.84 Å². The number of hydrogen-bond acceptors (Lipinski definition) is 3. The molecule has 0 radical (unpaired) electrons. The quantitative estimate of drug-likeness (QED) is 0.931. The van der Waals surface area contributed by atoms with Gasteiger partial charge >= 0.3 is 0 Å². The fourth-order valence-electron chi connectivity index (χ4n) is 1.66. The first-order valence-electron chi connectivity index (χ1n) is 5.19. The summed E-state index contributed by atoms with van der Waals surface area (Å²) in [5.41, 5.74) is 1.87. The Morgan fingerprint density at radius 3 is 2.76 bits per heavy atom. The molecule has 0 amide bonds. The number of aryl methyl sites for hydroxylation is 1. The minimum Gasteiger partial charge on any atom is -0.496 e. The van der Waals surface area contributed by atoms with Gasteiger partial charge < -0.3 is 9.84 Å². The Hall–Kier alpha value is -0.840. The van der Waals surface area contributed by atoms with Crippen LogP contribution in [-0.2, 0) is 0 Å². The number of hydrogen-bond donors (Lipinski definition) is 1. The summed E-state index contributed by atoms with van der Waals surface area (Å²) in [7, 11) is 1.62. The van der Waals surface area contributed by atoms with Crippen LogP contribution in [0, 0.1) is 6.92 Å². The predicted octanol–water partition coefficient (Wildman–Crippen LogP) is 3.91. The van der Waals surface area contributed by atoms with Crippen molar-refractivity contribution in [2.45, 2.75) is 13.0 Å².